The van der Waals surface area contributed by atoms with E-state index in [1.54, 1.807) is 18.2 Å². The van der Waals surface area contributed by atoms with Gasteiger partial charge < -0.3 is 14.8 Å². The standard InChI is InChI=1S/C18H19NO3/c1-12(2)13-3-6-15(7-4-13)19-18(20)14-5-8-16-17(11-14)22-10-9-21-16/h3-8,11-12H,9-10H2,1-2H3,(H,19,20). The number of amides is 1. The Morgan fingerprint density at radius 3 is 2.36 bits per heavy atom. The largest absolute Gasteiger partial charge is 0.486 e. The van der Waals surface area contributed by atoms with Gasteiger partial charge in [0.25, 0.3) is 5.91 Å². The first-order valence-corrected chi connectivity index (χ1v) is 7.44. The minimum Gasteiger partial charge on any atom is -0.486 e. The molecule has 4 nitrogen and oxygen atoms in total. The van der Waals surface area contributed by atoms with E-state index < -0.39 is 0 Å². The zero-order chi connectivity index (χ0) is 15.5. The number of carbonyl (C=O) groups is 1. The lowest BCUT2D eigenvalue weighted by atomic mass is 10.0. The first kappa shape index (κ1) is 14.4. The summed E-state index contributed by atoms with van der Waals surface area (Å²) in [4.78, 5) is 12.3. The lowest BCUT2D eigenvalue weighted by Crippen LogP contribution is -2.17. The zero-order valence-electron chi connectivity index (χ0n) is 12.8. The molecule has 1 heterocycles. The Hall–Kier alpha value is -2.49. The van der Waals surface area contributed by atoms with Crippen molar-refractivity contribution >= 4 is 11.6 Å². The normalized spacial score (nSPS) is 13.0. The highest BCUT2D eigenvalue weighted by Crippen LogP contribution is 2.31. The average Bonchev–Trinajstić information content (AvgIpc) is 2.55. The Morgan fingerprint density at radius 2 is 1.68 bits per heavy atom. The minimum absolute atomic E-state index is 0.158. The number of ether oxygens (including phenoxy) is 2. The van der Waals surface area contributed by atoms with Crippen molar-refractivity contribution in [3.05, 3.63) is 53.6 Å². The molecular weight excluding hydrogens is 278 g/mol. The highest BCUT2D eigenvalue weighted by atomic mass is 16.6. The van der Waals surface area contributed by atoms with Crippen molar-refractivity contribution in [1.29, 1.82) is 0 Å². The van der Waals surface area contributed by atoms with Crippen LogP contribution in [0.25, 0.3) is 0 Å². The van der Waals surface area contributed by atoms with Gasteiger partial charge in [-0.25, -0.2) is 0 Å². The molecule has 1 aliphatic rings. The van der Waals surface area contributed by atoms with Crippen molar-refractivity contribution in [2.45, 2.75) is 19.8 Å². The van der Waals surface area contributed by atoms with Gasteiger partial charge in [0.15, 0.2) is 11.5 Å². The minimum atomic E-state index is -0.158. The molecule has 2 aromatic carbocycles. The molecule has 1 amide bonds. The van der Waals surface area contributed by atoms with Gasteiger partial charge in [-0.05, 0) is 41.8 Å². The summed E-state index contributed by atoms with van der Waals surface area (Å²) in [5.41, 5.74) is 2.58. The van der Waals surface area contributed by atoms with E-state index in [1.807, 2.05) is 24.3 Å². The van der Waals surface area contributed by atoms with Crippen LogP contribution < -0.4 is 14.8 Å². The Morgan fingerprint density at radius 1 is 1.00 bits per heavy atom. The summed E-state index contributed by atoms with van der Waals surface area (Å²) in [5.74, 6) is 1.62. The molecule has 4 heteroatoms. The lowest BCUT2D eigenvalue weighted by molar-refractivity contribution is 0.102. The second-order valence-corrected chi connectivity index (χ2v) is 5.59. The summed E-state index contributed by atoms with van der Waals surface area (Å²) in [5, 5.41) is 2.90. The Balaban J connectivity index is 1.74. The first-order chi connectivity index (χ1) is 10.6. The van der Waals surface area contributed by atoms with Gasteiger partial charge >= 0.3 is 0 Å². The average molecular weight is 297 g/mol. The molecule has 0 spiro atoms. The molecule has 1 N–H and O–H groups in total. The number of benzene rings is 2. The van der Waals surface area contributed by atoms with Crippen LogP contribution in [0.1, 0.15) is 35.7 Å². The van der Waals surface area contributed by atoms with E-state index in [2.05, 4.69) is 19.2 Å². The van der Waals surface area contributed by atoms with Crippen LogP contribution in [0.3, 0.4) is 0 Å². The third-order valence-electron chi connectivity index (χ3n) is 3.64. The molecule has 2 aromatic rings. The third-order valence-corrected chi connectivity index (χ3v) is 3.64. The predicted molar refractivity (Wildman–Crippen MR) is 85.9 cm³/mol. The summed E-state index contributed by atoms with van der Waals surface area (Å²) in [6, 6.07) is 13.1. The van der Waals surface area contributed by atoms with Crippen molar-refractivity contribution in [1.82, 2.24) is 0 Å². The van der Waals surface area contributed by atoms with Crippen molar-refractivity contribution in [2.24, 2.45) is 0 Å². The summed E-state index contributed by atoms with van der Waals surface area (Å²) < 4.78 is 11.0. The molecule has 0 bridgehead atoms. The predicted octanol–water partition coefficient (Wildman–Crippen LogP) is 3.83. The number of hydrogen-bond acceptors (Lipinski definition) is 3. The van der Waals surface area contributed by atoms with E-state index in [0.29, 0.717) is 36.2 Å². The van der Waals surface area contributed by atoms with Gasteiger partial charge in [0.1, 0.15) is 13.2 Å². The van der Waals surface area contributed by atoms with Gasteiger partial charge in [0.2, 0.25) is 0 Å². The van der Waals surface area contributed by atoms with Gasteiger partial charge in [-0.1, -0.05) is 26.0 Å². The summed E-state index contributed by atoms with van der Waals surface area (Å²) in [6.45, 7) is 5.33. The zero-order valence-corrected chi connectivity index (χ0v) is 12.8. The monoisotopic (exact) mass is 297 g/mol. The SMILES string of the molecule is CC(C)c1ccc(NC(=O)c2ccc3c(c2)OCCO3)cc1. The van der Waals surface area contributed by atoms with Crippen molar-refractivity contribution in [3.63, 3.8) is 0 Å². The molecule has 0 atom stereocenters. The van der Waals surface area contributed by atoms with Crippen molar-refractivity contribution in [2.75, 3.05) is 18.5 Å². The molecule has 3 rings (SSSR count). The van der Waals surface area contributed by atoms with Crippen LogP contribution in [0.2, 0.25) is 0 Å². The molecule has 0 saturated heterocycles. The van der Waals surface area contributed by atoms with Crippen molar-refractivity contribution < 1.29 is 14.3 Å². The summed E-state index contributed by atoms with van der Waals surface area (Å²) in [7, 11) is 0. The van der Waals surface area contributed by atoms with E-state index >= 15 is 0 Å². The molecule has 0 radical (unpaired) electrons. The fourth-order valence-corrected chi connectivity index (χ4v) is 2.34. The van der Waals surface area contributed by atoms with Crippen LogP contribution in [0.15, 0.2) is 42.5 Å². The maximum Gasteiger partial charge on any atom is 0.255 e. The molecule has 0 fully saturated rings. The molecular formula is C18H19NO3. The molecule has 0 aliphatic carbocycles. The van der Waals surface area contributed by atoms with E-state index in [9.17, 15) is 4.79 Å². The van der Waals surface area contributed by atoms with Gasteiger partial charge in [-0.2, -0.15) is 0 Å². The second-order valence-electron chi connectivity index (χ2n) is 5.59. The molecule has 0 unspecified atom stereocenters. The number of carbonyl (C=O) groups excluding carboxylic acids is 1. The van der Waals surface area contributed by atoms with Crippen LogP contribution in [0.5, 0.6) is 11.5 Å². The number of hydrogen-bond donors (Lipinski definition) is 1. The summed E-state index contributed by atoms with van der Waals surface area (Å²) >= 11 is 0. The molecule has 0 saturated carbocycles. The maximum atomic E-state index is 12.3. The van der Waals surface area contributed by atoms with E-state index in [-0.39, 0.29) is 5.91 Å². The van der Waals surface area contributed by atoms with Crippen molar-refractivity contribution in [3.8, 4) is 11.5 Å². The second kappa shape index (κ2) is 6.10. The highest BCUT2D eigenvalue weighted by Gasteiger charge is 2.15. The molecule has 0 aromatic heterocycles. The summed E-state index contributed by atoms with van der Waals surface area (Å²) in [6.07, 6.45) is 0. The number of rotatable bonds is 3. The van der Waals surface area contributed by atoms with E-state index in [0.717, 1.165) is 5.69 Å². The quantitative estimate of drug-likeness (QED) is 0.936. The number of nitrogens with one attached hydrogen (secondary N) is 1. The third kappa shape index (κ3) is 3.06. The van der Waals surface area contributed by atoms with Crippen LogP contribution >= 0.6 is 0 Å². The first-order valence-electron chi connectivity index (χ1n) is 7.44. The van der Waals surface area contributed by atoms with Gasteiger partial charge in [0.05, 0.1) is 0 Å². The van der Waals surface area contributed by atoms with Gasteiger partial charge in [-0.15, -0.1) is 0 Å². The van der Waals surface area contributed by atoms with Crippen LogP contribution in [-0.2, 0) is 0 Å². The highest BCUT2D eigenvalue weighted by molar-refractivity contribution is 6.04. The van der Waals surface area contributed by atoms with Crippen LogP contribution in [-0.4, -0.2) is 19.1 Å². The lowest BCUT2D eigenvalue weighted by Gasteiger charge is -2.18. The topological polar surface area (TPSA) is 47.6 Å². The van der Waals surface area contributed by atoms with Gasteiger partial charge in [0, 0.05) is 11.3 Å². The number of anilines is 1. The molecule has 114 valence electrons. The molecule has 22 heavy (non-hydrogen) atoms. The maximum absolute atomic E-state index is 12.3. The van der Waals surface area contributed by atoms with Gasteiger partial charge in [-0.3, -0.25) is 4.79 Å². The smallest absolute Gasteiger partial charge is 0.255 e. The van der Waals surface area contributed by atoms with E-state index in [4.69, 9.17) is 9.47 Å². The Kier molecular flexibility index (Phi) is 4.00. The Labute approximate surface area is 130 Å². The number of fused-ring (bicyclic) bond motifs is 1. The fourth-order valence-electron chi connectivity index (χ4n) is 2.34. The molecule has 1 aliphatic heterocycles. The van der Waals surface area contributed by atoms with Crippen LogP contribution in [0.4, 0.5) is 5.69 Å². The van der Waals surface area contributed by atoms with Crippen LogP contribution in [0, 0.1) is 0 Å². The van der Waals surface area contributed by atoms with E-state index in [1.165, 1.54) is 5.56 Å². The fraction of sp³-hybridized carbons (Fsp3) is 0.278. The Bertz CT molecular complexity index is 677.